The van der Waals surface area contributed by atoms with Gasteiger partial charge in [-0.2, -0.15) is 5.26 Å². The van der Waals surface area contributed by atoms with Gasteiger partial charge in [-0.3, -0.25) is 0 Å². The quantitative estimate of drug-likeness (QED) is 0.0555. The highest BCUT2D eigenvalue weighted by atomic mass is 32.7. The first kappa shape index (κ1) is 48.3. The largest absolute Gasteiger partial charge is 0.193 e. The summed E-state index contributed by atoms with van der Waals surface area (Å²) in [6.07, 6.45) is 12.2. The van der Waals surface area contributed by atoms with Gasteiger partial charge in [0.2, 0.25) is 0 Å². The van der Waals surface area contributed by atoms with Crippen molar-refractivity contribution in [2.75, 3.05) is 72.3 Å². The minimum absolute atomic E-state index is 0.00691. The van der Waals surface area contributed by atoms with E-state index in [2.05, 4.69) is 148 Å². The molecule has 0 heterocycles. The van der Waals surface area contributed by atoms with Crippen molar-refractivity contribution in [3.8, 4) is 6.07 Å². The van der Waals surface area contributed by atoms with Crippen LogP contribution in [-0.2, 0) is 0 Å². The van der Waals surface area contributed by atoms with Gasteiger partial charge in [0.15, 0.2) is 0 Å². The van der Waals surface area contributed by atoms with E-state index in [9.17, 15) is 0 Å². The summed E-state index contributed by atoms with van der Waals surface area (Å²) < 4.78 is 0. The van der Waals surface area contributed by atoms with Gasteiger partial charge in [0, 0.05) is 28.6 Å². The van der Waals surface area contributed by atoms with Gasteiger partial charge in [-0.05, 0) is 132 Å². The molecule has 0 N–H and O–H groups in total. The summed E-state index contributed by atoms with van der Waals surface area (Å²) in [5, 5.41) is 9.14. The first-order chi connectivity index (χ1) is 21.5. The molecule has 0 radical (unpaired) electrons. The Morgan fingerprint density at radius 3 is 1.00 bits per heavy atom. The third kappa shape index (κ3) is 29.0. The Bertz CT molecular complexity index is 749. The summed E-state index contributed by atoms with van der Waals surface area (Å²) in [6, 6.07) is 2.24. The maximum atomic E-state index is 9.14. The predicted octanol–water partition coefficient (Wildman–Crippen LogP) is 15.2. The second-order valence-corrected chi connectivity index (χ2v) is 34.4. The number of hydrogen-bond donors (Lipinski definition) is 0. The topological polar surface area (TPSA) is 23.8 Å². The molecule has 4 unspecified atom stereocenters. The molecule has 0 saturated heterocycles. The van der Waals surface area contributed by atoms with Gasteiger partial charge < -0.3 is 0 Å². The van der Waals surface area contributed by atoms with E-state index in [1.807, 2.05) is 0 Å². The Hall–Kier alpha value is 2.35. The summed E-state index contributed by atoms with van der Waals surface area (Å²) in [5.41, 5.74) is 0.739. The van der Waals surface area contributed by atoms with Gasteiger partial charge in [0.25, 0.3) is 0 Å². The van der Waals surface area contributed by atoms with Crippen LogP contribution < -0.4 is 0 Å². The molecule has 9 heteroatoms. The zero-order valence-corrected chi connectivity index (χ0v) is 39.2. The lowest BCUT2D eigenvalue weighted by molar-refractivity contribution is 0.721. The van der Waals surface area contributed by atoms with E-state index >= 15 is 0 Å². The molecule has 0 saturated carbocycles. The van der Waals surface area contributed by atoms with Crippen LogP contribution in [0, 0.1) is 58.7 Å². The number of nitrogens with zero attached hydrogens (tertiary/aromatic N) is 1. The van der Waals surface area contributed by atoms with E-state index in [4.69, 9.17) is 5.26 Å². The molecule has 0 aromatic rings. The van der Waals surface area contributed by atoms with Crippen LogP contribution in [0.4, 0.5) is 0 Å². The maximum Gasteiger partial charge on any atom is 0.0941 e. The number of rotatable bonds is 29. The van der Waals surface area contributed by atoms with Gasteiger partial charge in [0.05, 0.1) is 6.07 Å². The van der Waals surface area contributed by atoms with E-state index in [1.165, 1.54) is 66.6 Å². The second-order valence-electron chi connectivity index (χ2n) is 15.9. The molecule has 0 aromatic heterocycles. The highest BCUT2D eigenvalue weighted by molar-refractivity contribution is 8.57. The number of nitriles is 1. The summed E-state index contributed by atoms with van der Waals surface area (Å²) in [4.78, 5) is 0. The van der Waals surface area contributed by atoms with Crippen molar-refractivity contribution >= 4 is 74.0 Å². The van der Waals surface area contributed by atoms with Gasteiger partial charge in [-0.15, -0.1) is 45.5 Å². The smallest absolute Gasteiger partial charge is 0.0941 e. The minimum Gasteiger partial charge on any atom is -0.193 e. The molecule has 46 heavy (non-hydrogen) atoms. The highest BCUT2D eigenvalue weighted by Crippen LogP contribution is 2.59. The number of hydrogen-bond acceptors (Lipinski definition) is 5. The Morgan fingerprint density at radius 2 is 0.739 bits per heavy atom. The fraction of sp³-hybridized carbons (Fsp3) is 0.919. The third-order valence-electron chi connectivity index (χ3n) is 6.85. The highest BCUT2D eigenvalue weighted by Gasteiger charge is 2.23. The van der Waals surface area contributed by atoms with E-state index < -0.39 is 0 Å². The van der Waals surface area contributed by atoms with Gasteiger partial charge in [-0.1, -0.05) is 96.6 Å². The van der Waals surface area contributed by atoms with Crippen molar-refractivity contribution < 1.29 is 0 Å². The Kier molecular flexibility index (Phi) is 30.4. The SMILES string of the molecule is C=C(C#N)CCSP(CC(C)C)CC(C)CSP(CC(C)CSP(CC(C)C)CC(C)C)CC(C)CSP(CC(C)C)CC(C)C. The van der Waals surface area contributed by atoms with Crippen LogP contribution in [0.1, 0.15) is 96.4 Å². The van der Waals surface area contributed by atoms with Crippen molar-refractivity contribution in [3.63, 3.8) is 0 Å². The fourth-order valence-electron chi connectivity index (χ4n) is 5.01. The van der Waals surface area contributed by atoms with Gasteiger partial charge in [-0.25, -0.2) is 0 Å². The summed E-state index contributed by atoms with van der Waals surface area (Å²) in [6.45, 7) is 35.7. The van der Waals surface area contributed by atoms with Crippen LogP contribution in [0.15, 0.2) is 12.2 Å². The summed E-state index contributed by atoms with van der Waals surface area (Å²) in [7, 11) is 0.163. The average Bonchev–Trinajstić information content (AvgIpc) is 2.91. The van der Waals surface area contributed by atoms with E-state index in [0.29, 0.717) is 0 Å². The third-order valence-corrected chi connectivity index (χ3v) is 29.5. The van der Waals surface area contributed by atoms with Crippen molar-refractivity contribution in [2.24, 2.45) is 47.3 Å². The lowest BCUT2D eigenvalue weighted by atomic mass is 10.3. The monoisotopic (exact) mass is 785 g/mol. The van der Waals surface area contributed by atoms with Crippen LogP contribution >= 0.6 is 74.0 Å². The lowest BCUT2D eigenvalue weighted by Crippen LogP contribution is -2.12. The molecule has 0 spiro atoms. The Labute approximate surface area is 311 Å². The zero-order valence-electron chi connectivity index (χ0n) is 32.4. The summed E-state index contributed by atoms with van der Waals surface area (Å²) >= 11 is 9.27. The molecule has 0 aromatic carbocycles. The van der Waals surface area contributed by atoms with E-state index in [-0.39, 0.29) is 28.5 Å². The van der Waals surface area contributed by atoms with E-state index in [1.54, 1.807) is 0 Å². The molecular formula is C37H75NP4S4. The molecule has 1 nitrogen and oxygen atoms in total. The lowest BCUT2D eigenvalue weighted by Gasteiger charge is -2.28. The summed E-state index contributed by atoms with van der Waals surface area (Å²) in [5.74, 6) is 11.6. The molecule has 0 aliphatic rings. The molecule has 0 aliphatic carbocycles. The molecule has 0 fully saturated rings. The van der Waals surface area contributed by atoms with Crippen molar-refractivity contribution in [1.29, 1.82) is 5.26 Å². The maximum absolute atomic E-state index is 9.14. The van der Waals surface area contributed by atoms with Gasteiger partial charge >= 0.3 is 0 Å². The molecule has 0 aliphatic heterocycles. The Balaban J connectivity index is 5.42. The molecule has 272 valence electrons. The van der Waals surface area contributed by atoms with Gasteiger partial charge in [0.1, 0.15) is 0 Å². The van der Waals surface area contributed by atoms with Crippen LogP contribution in [0.2, 0.25) is 0 Å². The van der Waals surface area contributed by atoms with Crippen LogP contribution in [0.3, 0.4) is 0 Å². The second kappa shape index (κ2) is 28.9. The molecule has 0 rings (SSSR count). The Morgan fingerprint density at radius 1 is 0.478 bits per heavy atom. The van der Waals surface area contributed by atoms with E-state index in [0.717, 1.165) is 65.1 Å². The van der Waals surface area contributed by atoms with Crippen molar-refractivity contribution in [1.82, 2.24) is 0 Å². The fourth-order valence-corrected chi connectivity index (χ4v) is 30.4. The van der Waals surface area contributed by atoms with Crippen molar-refractivity contribution in [3.05, 3.63) is 12.2 Å². The minimum atomic E-state index is -0.0380. The molecule has 0 amide bonds. The average molecular weight is 786 g/mol. The van der Waals surface area contributed by atoms with Crippen LogP contribution in [-0.4, -0.2) is 72.3 Å². The van der Waals surface area contributed by atoms with Crippen molar-refractivity contribution in [2.45, 2.75) is 96.4 Å². The molecule has 0 bridgehead atoms. The zero-order chi connectivity index (χ0) is 35.2. The molecular weight excluding hydrogens is 711 g/mol. The molecule has 4 atom stereocenters. The first-order valence-electron chi connectivity index (χ1n) is 18.1. The predicted molar refractivity (Wildman–Crippen MR) is 237 cm³/mol. The van der Waals surface area contributed by atoms with Crippen LogP contribution in [0.5, 0.6) is 0 Å². The van der Waals surface area contributed by atoms with Crippen LogP contribution in [0.25, 0.3) is 0 Å². The normalized spacial score (nSPS) is 15.8. The standard InChI is InChI=1S/C37H75NP4S4/c1-29(2)18-39(19-30(3)4)44-26-36(13)24-42(25-37(14)27-45-40(20-31(5)6)21-32(7)8)46-28-35(12)23-41(22-33(9)10)43-16-15-34(11)17-38/h29-33,35-37H,11,15-16,18-28H2,1-10,12-14H3. The first-order valence-corrected chi connectivity index (χ1v) is 31.3. The number of allylic oxidation sites excluding steroid dienone is 1.